The summed E-state index contributed by atoms with van der Waals surface area (Å²) in [4.78, 5) is 18.4. The van der Waals surface area contributed by atoms with E-state index in [2.05, 4.69) is 4.98 Å². The van der Waals surface area contributed by atoms with Gasteiger partial charge in [-0.1, -0.05) is 29.8 Å². The van der Waals surface area contributed by atoms with Crippen LogP contribution in [0.3, 0.4) is 0 Å². The van der Waals surface area contributed by atoms with E-state index in [-0.39, 0.29) is 0 Å². The van der Waals surface area contributed by atoms with E-state index in [9.17, 15) is 4.79 Å². The molecule has 0 unspecified atom stereocenters. The van der Waals surface area contributed by atoms with Crippen LogP contribution in [0.5, 0.6) is 0 Å². The molecule has 116 valence electrons. The van der Waals surface area contributed by atoms with Crippen molar-refractivity contribution >= 4 is 5.69 Å². The SMILES string of the molecule is Cc1ccc(-c2nc(-c3ccc(N(C)C)cc3)cc(=O)o2)cc1. The van der Waals surface area contributed by atoms with Crippen molar-refractivity contribution in [1.82, 2.24) is 4.98 Å². The predicted octanol–water partition coefficient (Wildman–Crippen LogP) is 3.74. The molecule has 0 aliphatic rings. The highest BCUT2D eigenvalue weighted by Gasteiger charge is 2.08. The first-order valence-electron chi connectivity index (χ1n) is 7.40. The molecule has 0 spiro atoms. The molecule has 4 nitrogen and oxygen atoms in total. The smallest absolute Gasteiger partial charge is 0.339 e. The van der Waals surface area contributed by atoms with E-state index in [1.807, 2.05) is 74.4 Å². The highest BCUT2D eigenvalue weighted by atomic mass is 16.4. The van der Waals surface area contributed by atoms with E-state index < -0.39 is 5.63 Å². The van der Waals surface area contributed by atoms with Gasteiger partial charge < -0.3 is 9.32 Å². The number of aryl methyl sites for hydroxylation is 1. The second-order valence-corrected chi connectivity index (χ2v) is 5.67. The maximum absolute atomic E-state index is 11.9. The van der Waals surface area contributed by atoms with E-state index in [0.717, 1.165) is 22.4 Å². The van der Waals surface area contributed by atoms with Crippen LogP contribution in [-0.4, -0.2) is 19.1 Å². The van der Waals surface area contributed by atoms with E-state index in [1.165, 1.54) is 6.07 Å². The van der Waals surface area contributed by atoms with Crippen molar-refractivity contribution in [3.63, 3.8) is 0 Å². The van der Waals surface area contributed by atoms with Gasteiger partial charge >= 0.3 is 5.63 Å². The third kappa shape index (κ3) is 3.31. The quantitative estimate of drug-likeness (QED) is 0.739. The Morgan fingerprint density at radius 1 is 0.913 bits per heavy atom. The molecule has 0 bridgehead atoms. The fourth-order valence-corrected chi connectivity index (χ4v) is 2.30. The van der Waals surface area contributed by atoms with Crippen LogP contribution in [0.25, 0.3) is 22.7 Å². The molecule has 3 aromatic rings. The molecule has 0 N–H and O–H groups in total. The lowest BCUT2D eigenvalue weighted by molar-refractivity contribution is 0.508. The molecular formula is C19H18N2O2. The number of benzene rings is 2. The van der Waals surface area contributed by atoms with E-state index in [4.69, 9.17) is 4.42 Å². The average molecular weight is 306 g/mol. The van der Waals surface area contributed by atoms with Crippen molar-refractivity contribution in [3.8, 4) is 22.7 Å². The predicted molar refractivity (Wildman–Crippen MR) is 92.7 cm³/mol. The van der Waals surface area contributed by atoms with Gasteiger partial charge in [0.15, 0.2) is 0 Å². The molecule has 0 radical (unpaired) electrons. The minimum Gasteiger partial charge on any atom is -0.404 e. The Hall–Kier alpha value is -2.88. The molecule has 0 saturated carbocycles. The zero-order valence-corrected chi connectivity index (χ0v) is 13.4. The minimum atomic E-state index is -0.401. The first-order valence-corrected chi connectivity index (χ1v) is 7.40. The molecular weight excluding hydrogens is 288 g/mol. The Morgan fingerprint density at radius 3 is 2.13 bits per heavy atom. The zero-order valence-electron chi connectivity index (χ0n) is 13.4. The molecule has 1 aromatic heterocycles. The van der Waals surface area contributed by atoms with Gasteiger partial charge in [0.2, 0.25) is 5.89 Å². The van der Waals surface area contributed by atoms with Gasteiger partial charge in [-0.05, 0) is 31.2 Å². The van der Waals surface area contributed by atoms with Gasteiger partial charge in [0.1, 0.15) is 0 Å². The zero-order chi connectivity index (χ0) is 16.4. The Morgan fingerprint density at radius 2 is 1.52 bits per heavy atom. The van der Waals surface area contributed by atoms with Gasteiger partial charge in [-0.3, -0.25) is 0 Å². The topological polar surface area (TPSA) is 46.3 Å². The first kappa shape index (κ1) is 15.0. The van der Waals surface area contributed by atoms with Gasteiger partial charge in [-0.2, -0.15) is 0 Å². The molecule has 0 saturated heterocycles. The maximum atomic E-state index is 11.9. The van der Waals surface area contributed by atoms with Gasteiger partial charge in [0.05, 0.1) is 11.8 Å². The normalized spacial score (nSPS) is 10.6. The summed E-state index contributed by atoms with van der Waals surface area (Å²) in [6, 6.07) is 17.1. The summed E-state index contributed by atoms with van der Waals surface area (Å²) >= 11 is 0. The highest BCUT2D eigenvalue weighted by Crippen LogP contribution is 2.23. The lowest BCUT2D eigenvalue weighted by Crippen LogP contribution is -2.08. The Bertz CT molecular complexity index is 863. The Kier molecular flexibility index (Phi) is 3.98. The highest BCUT2D eigenvalue weighted by molar-refractivity contribution is 5.65. The number of anilines is 1. The fraction of sp³-hybridized carbons (Fsp3) is 0.158. The summed E-state index contributed by atoms with van der Waals surface area (Å²) in [6.07, 6.45) is 0. The Labute approximate surface area is 135 Å². The lowest BCUT2D eigenvalue weighted by Gasteiger charge is -2.12. The summed E-state index contributed by atoms with van der Waals surface area (Å²) in [5.74, 6) is 0.337. The van der Waals surface area contributed by atoms with Crippen molar-refractivity contribution in [2.75, 3.05) is 19.0 Å². The third-order valence-electron chi connectivity index (χ3n) is 3.65. The van der Waals surface area contributed by atoms with Gasteiger partial charge in [-0.15, -0.1) is 0 Å². The molecule has 0 atom stereocenters. The number of rotatable bonds is 3. The van der Waals surface area contributed by atoms with Crippen LogP contribution in [0.15, 0.2) is 63.8 Å². The van der Waals surface area contributed by atoms with Crippen molar-refractivity contribution in [2.24, 2.45) is 0 Å². The van der Waals surface area contributed by atoms with Crippen LogP contribution in [0.1, 0.15) is 5.56 Å². The van der Waals surface area contributed by atoms with E-state index >= 15 is 0 Å². The monoisotopic (exact) mass is 306 g/mol. The van der Waals surface area contributed by atoms with Crippen LogP contribution in [0, 0.1) is 6.92 Å². The lowest BCUT2D eigenvalue weighted by atomic mass is 10.1. The summed E-state index contributed by atoms with van der Waals surface area (Å²) in [5, 5.41) is 0. The van der Waals surface area contributed by atoms with E-state index in [1.54, 1.807) is 0 Å². The van der Waals surface area contributed by atoms with Crippen LogP contribution in [0.2, 0.25) is 0 Å². The van der Waals surface area contributed by atoms with Crippen LogP contribution in [-0.2, 0) is 0 Å². The minimum absolute atomic E-state index is 0.337. The molecule has 0 amide bonds. The van der Waals surface area contributed by atoms with Crippen molar-refractivity contribution < 1.29 is 4.42 Å². The molecule has 4 heteroatoms. The van der Waals surface area contributed by atoms with Gasteiger partial charge in [-0.25, -0.2) is 9.78 Å². The summed E-state index contributed by atoms with van der Waals surface area (Å²) in [5.41, 5.74) is 4.13. The number of nitrogens with zero attached hydrogens (tertiary/aromatic N) is 2. The molecule has 0 aliphatic carbocycles. The summed E-state index contributed by atoms with van der Waals surface area (Å²) in [7, 11) is 3.97. The Balaban J connectivity index is 2.03. The molecule has 0 fully saturated rings. The number of aromatic nitrogens is 1. The van der Waals surface area contributed by atoms with Crippen molar-refractivity contribution in [1.29, 1.82) is 0 Å². The molecule has 0 aliphatic heterocycles. The molecule has 2 aromatic carbocycles. The van der Waals surface area contributed by atoms with Crippen LogP contribution < -0.4 is 10.5 Å². The largest absolute Gasteiger partial charge is 0.404 e. The maximum Gasteiger partial charge on any atom is 0.339 e. The molecule has 3 rings (SSSR count). The summed E-state index contributed by atoms with van der Waals surface area (Å²) < 4.78 is 5.25. The van der Waals surface area contributed by atoms with Gasteiger partial charge in [0, 0.05) is 30.9 Å². The second-order valence-electron chi connectivity index (χ2n) is 5.67. The third-order valence-corrected chi connectivity index (χ3v) is 3.65. The summed E-state index contributed by atoms with van der Waals surface area (Å²) in [6.45, 7) is 2.01. The van der Waals surface area contributed by atoms with Crippen molar-refractivity contribution in [2.45, 2.75) is 6.92 Å². The first-order chi connectivity index (χ1) is 11.0. The second kappa shape index (κ2) is 6.08. The average Bonchev–Trinajstić information content (AvgIpc) is 2.55. The standard InChI is InChI=1S/C19H18N2O2/c1-13-4-6-15(7-5-13)19-20-17(12-18(22)23-19)14-8-10-16(11-9-14)21(2)3/h4-12H,1-3H3. The molecule has 23 heavy (non-hydrogen) atoms. The van der Waals surface area contributed by atoms with Crippen LogP contribution >= 0.6 is 0 Å². The van der Waals surface area contributed by atoms with Crippen molar-refractivity contribution in [3.05, 3.63) is 70.6 Å². The number of hydrogen-bond donors (Lipinski definition) is 0. The van der Waals surface area contributed by atoms with Gasteiger partial charge in [0.25, 0.3) is 0 Å². The number of hydrogen-bond acceptors (Lipinski definition) is 4. The molecule has 1 heterocycles. The van der Waals surface area contributed by atoms with E-state index in [0.29, 0.717) is 11.6 Å². The van der Waals surface area contributed by atoms with Crippen LogP contribution in [0.4, 0.5) is 5.69 Å². The fourth-order valence-electron chi connectivity index (χ4n) is 2.30.